The third kappa shape index (κ3) is 4.08. The highest BCUT2D eigenvalue weighted by Gasteiger charge is 2.60. The maximum Gasteiger partial charge on any atom is 0.252 e. The van der Waals surface area contributed by atoms with Crippen LogP contribution in [0, 0.1) is 17.7 Å². The number of rotatable bonds is 5. The molecule has 0 spiro atoms. The Hall–Kier alpha value is -3.21. The summed E-state index contributed by atoms with van der Waals surface area (Å²) in [5.74, 6) is -5.52. The summed E-state index contributed by atoms with van der Waals surface area (Å²) in [4.78, 5) is 27.5. The van der Waals surface area contributed by atoms with Crippen LogP contribution in [0.15, 0.2) is 40.9 Å². The Morgan fingerprint density at radius 2 is 1.90 bits per heavy atom. The van der Waals surface area contributed by atoms with Gasteiger partial charge in [-0.2, -0.15) is 0 Å². The van der Waals surface area contributed by atoms with E-state index in [0.717, 1.165) is 25.7 Å². The number of ketones is 1. The molecule has 4 aliphatic rings. The average Bonchev–Trinajstić information content (AvgIpc) is 2.87. The highest BCUT2D eigenvalue weighted by Crippen LogP contribution is 2.55. The molecule has 1 saturated carbocycles. The van der Waals surface area contributed by atoms with Gasteiger partial charge < -0.3 is 31.5 Å². The zero-order chi connectivity index (χ0) is 28.4. The van der Waals surface area contributed by atoms with Crippen LogP contribution in [0.5, 0.6) is 5.75 Å². The monoisotopic (exact) mass is 541 g/mol. The molecule has 1 amide bonds. The molecular formula is C29H36FN3O6. The maximum absolute atomic E-state index is 15.8. The molecule has 0 saturated heterocycles. The molecule has 0 aromatic heterocycles. The molecule has 0 aliphatic heterocycles. The zero-order valence-corrected chi connectivity index (χ0v) is 22.3. The smallest absolute Gasteiger partial charge is 0.252 e. The van der Waals surface area contributed by atoms with Crippen molar-refractivity contribution in [1.82, 2.24) is 10.2 Å². The van der Waals surface area contributed by atoms with Gasteiger partial charge in [-0.25, -0.2) is 4.39 Å². The van der Waals surface area contributed by atoms with Crippen LogP contribution in [0.25, 0.3) is 0 Å². The van der Waals surface area contributed by atoms with E-state index in [1.54, 1.807) is 19.0 Å². The molecule has 0 bridgehead atoms. The Morgan fingerprint density at radius 3 is 2.51 bits per heavy atom. The summed E-state index contributed by atoms with van der Waals surface area (Å²) < 4.78 is 15.8. The van der Waals surface area contributed by atoms with Crippen molar-refractivity contribution in [2.45, 2.75) is 69.2 Å². The number of phenols is 1. The maximum atomic E-state index is 15.8. The summed E-state index contributed by atoms with van der Waals surface area (Å²) >= 11 is 0. The minimum Gasteiger partial charge on any atom is -0.510 e. The molecule has 0 radical (unpaired) electrons. The highest BCUT2D eigenvalue weighted by molar-refractivity contribution is 6.13. The number of primary amides is 1. The Labute approximate surface area is 226 Å². The first-order chi connectivity index (χ1) is 18.4. The van der Waals surface area contributed by atoms with Gasteiger partial charge in [0.25, 0.3) is 5.91 Å². The Morgan fingerprint density at radius 1 is 1.23 bits per heavy atom. The van der Waals surface area contributed by atoms with Crippen molar-refractivity contribution < 1.29 is 34.4 Å². The number of nitrogens with one attached hydrogen (secondary N) is 1. The molecule has 1 aromatic rings. The largest absolute Gasteiger partial charge is 0.510 e. The molecule has 39 heavy (non-hydrogen) atoms. The van der Waals surface area contributed by atoms with Crippen LogP contribution in [0.2, 0.25) is 0 Å². The Bertz CT molecular complexity index is 1330. The number of aliphatic hydroxyl groups excluding tert-OH is 2. The number of fused-ring (bicyclic) bond motifs is 3. The first-order valence-corrected chi connectivity index (χ1v) is 13.5. The predicted molar refractivity (Wildman–Crippen MR) is 141 cm³/mol. The van der Waals surface area contributed by atoms with Crippen molar-refractivity contribution >= 4 is 11.7 Å². The van der Waals surface area contributed by atoms with Gasteiger partial charge in [-0.15, -0.1) is 0 Å². The second kappa shape index (κ2) is 9.76. The second-order valence-corrected chi connectivity index (χ2v) is 11.6. The lowest BCUT2D eigenvalue weighted by atomic mass is 9.57. The van der Waals surface area contributed by atoms with Gasteiger partial charge in [0, 0.05) is 40.8 Å². The standard InChI is InChI=1S/C29H36FN3O6/c1-13-20(28(31)38)26(36)24(33(2)3)18-10-14-9-17-22(25(35)21(14)27(37)29(13,18)39)19(34)11-15(23(17)30)12-32-16-7-5-4-6-8-16/h11,14,16,18,24,32,34,36-37,39H,1,4-10,12H2,2-3H3,(H2,31,38)/t14-,18-,24-,29-/m0/s1. The molecular weight excluding hydrogens is 505 g/mol. The number of benzene rings is 1. The summed E-state index contributed by atoms with van der Waals surface area (Å²) in [5.41, 5.74) is 2.43. The van der Waals surface area contributed by atoms with Crippen LogP contribution in [0.4, 0.5) is 4.39 Å². The van der Waals surface area contributed by atoms with Crippen molar-refractivity contribution in [1.29, 1.82) is 0 Å². The number of nitrogens with zero attached hydrogens (tertiary/aromatic N) is 1. The molecule has 10 heteroatoms. The van der Waals surface area contributed by atoms with Crippen molar-refractivity contribution in [2.75, 3.05) is 14.1 Å². The number of halogens is 1. The summed E-state index contributed by atoms with van der Waals surface area (Å²) in [6.07, 6.45) is 5.51. The number of Topliss-reactive ketones (excluding diaryl/α,β-unsaturated/α-hetero) is 1. The lowest BCUT2D eigenvalue weighted by Crippen LogP contribution is -2.60. The fraction of sp³-hybridized carbons (Fsp3) is 0.517. The number of amides is 1. The molecule has 4 atom stereocenters. The topological polar surface area (TPSA) is 156 Å². The van der Waals surface area contributed by atoms with Crippen molar-refractivity contribution in [3.8, 4) is 5.75 Å². The number of nitrogens with two attached hydrogens (primary N) is 1. The van der Waals surface area contributed by atoms with E-state index in [4.69, 9.17) is 5.73 Å². The number of carbonyl (C=O) groups excluding carboxylic acids is 2. The van der Waals surface area contributed by atoms with Crippen LogP contribution in [-0.2, 0) is 17.8 Å². The van der Waals surface area contributed by atoms with E-state index in [1.807, 2.05) is 0 Å². The SMILES string of the molecule is C=C1C(C(N)=O)=C(O)[C@@H](N(C)C)[C@@H]2C[C@@H]3Cc4c(F)c(CNC5CCCCC5)cc(O)c4C(=O)C3=C(O)[C@]12O. The number of carbonyl (C=O) groups is 2. The summed E-state index contributed by atoms with van der Waals surface area (Å²) in [7, 11) is 3.27. The second-order valence-electron chi connectivity index (χ2n) is 11.6. The molecule has 210 valence electrons. The zero-order valence-electron chi connectivity index (χ0n) is 22.3. The van der Waals surface area contributed by atoms with Crippen LogP contribution in [-0.4, -0.2) is 68.8 Å². The van der Waals surface area contributed by atoms with Gasteiger partial charge in [-0.1, -0.05) is 25.8 Å². The molecule has 4 aliphatic carbocycles. The van der Waals surface area contributed by atoms with E-state index >= 15 is 4.39 Å². The van der Waals surface area contributed by atoms with Crippen molar-refractivity contribution in [3.63, 3.8) is 0 Å². The van der Waals surface area contributed by atoms with Gasteiger partial charge in [0.2, 0.25) is 0 Å². The van der Waals surface area contributed by atoms with Crippen molar-refractivity contribution in [2.24, 2.45) is 17.6 Å². The number of aromatic hydroxyl groups is 1. The number of hydrogen-bond donors (Lipinski definition) is 6. The summed E-state index contributed by atoms with van der Waals surface area (Å²) in [5, 5.41) is 48.5. The lowest BCUT2D eigenvalue weighted by Gasteiger charge is -2.52. The van der Waals surface area contributed by atoms with E-state index < -0.39 is 58.1 Å². The van der Waals surface area contributed by atoms with Gasteiger partial charge in [0.1, 0.15) is 23.1 Å². The average molecular weight is 542 g/mol. The lowest BCUT2D eigenvalue weighted by molar-refractivity contribution is -0.115. The molecule has 1 fully saturated rings. The van der Waals surface area contributed by atoms with E-state index in [1.165, 1.54) is 12.5 Å². The van der Waals surface area contributed by atoms with Gasteiger partial charge >= 0.3 is 0 Å². The molecule has 1 aromatic carbocycles. The molecule has 9 nitrogen and oxygen atoms in total. The molecule has 0 heterocycles. The van der Waals surface area contributed by atoms with E-state index in [0.29, 0.717) is 0 Å². The van der Waals surface area contributed by atoms with Gasteiger partial charge in [-0.05, 0) is 51.8 Å². The quantitative estimate of drug-likeness (QED) is 0.332. The third-order valence-corrected chi connectivity index (χ3v) is 9.11. The molecule has 5 rings (SSSR count). The fourth-order valence-electron chi connectivity index (χ4n) is 7.21. The van der Waals surface area contributed by atoms with Gasteiger partial charge in [-0.3, -0.25) is 14.5 Å². The Kier molecular flexibility index (Phi) is 6.85. The first kappa shape index (κ1) is 27.4. The number of aliphatic hydroxyl groups is 3. The minimum atomic E-state index is -2.28. The number of phenolic OH excluding ortho intramolecular Hbond substituents is 1. The summed E-state index contributed by atoms with van der Waals surface area (Å²) in [6, 6.07) is 0.578. The van der Waals surface area contributed by atoms with Gasteiger partial charge in [0.05, 0.1) is 17.2 Å². The number of likely N-dealkylation sites (N-methyl/N-ethyl adjacent to an activating group) is 1. The molecule has 0 unspecified atom stereocenters. The van der Waals surface area contributed by atoms with Crippen LogP contribution in [0.1, 0.15) is 60.0 Å². The third-order valence-electron chi connectivity index (χ3n) is 9.11. The van der Waals surface area contributed by atoms with Crippen LogP contribution < -0.4 is 11.1 Å². The minimum absolute atomic E-state index is 0.00346. The number of hydrogen-bond acceptors (Lipinski definition) is 8. The van der Waals surface area contributed by atoms with Crippen LogP contribution >= 0.6 is 0 Å². The van der Waals surface area contributed by atoms with E-state index in [9.17, 15) is 30.0 Å². The highest BCUT2D eigenvalue weighted by atomic mass is 19.1. The first-order valence-electron chi connectivity index (χ1n) is 13.5. The number of allylic oxidation sites excluding steroid dienone is 1. The van der Waals surface area contributed by atoms with E-state index in [2.05, 4.69) is 11.9 Å². The predicted octanol–water partition coefficient (Wildman–Crippen LogP) is 2.67. The normalized spacial score (nSPS) is 29.4. The molecule has 7 N–H and O–H groups in total. The van der Waals surface area contributed by atoms with Gasteiger partial charge in [0.15, 0.2) is 11.4 Å². The van der Waals surface area contributed by atoms with Crippen molar-refractivity contribution in [3.05, 3.63) is 63.4 Å². The summed E-state index contributed by atoms with van der Waals surface area (Å²) in [6.45, 7) is 3.98. The Balaban J connectivity index is 1.57. The van der Waals surface area contributed by atoms with Crippen LogP contribution in [0.3, 0.4) is 0 Å². The van der Waals surface area contributed by atoms with E-state index in [-0.39, 0.29) is 59.0 Å². The fourth-order valence-corrected chi connectivity index (χ4v) is 7.21.